The fraction of sp³-hybridized carbons (Fsp3) is 0.667. The number of hydrogen-bond acceptors (Lipinski definition) is 2. The third-order valence-electron chi connectivity index (χ3n) is 5.07. The van der Waals surface area contributed by atoms with Crippen molar-refractivity contribution < 1.29 is 13.2 Å². The molecule has 0 saturated carbocycles. The predicted octanol–water partition coefficient (Wildman–Crippen LogP) is 4.14. The standard InChI is InChI=1S/C18H27F3N2/c1-5-17(2,3)15-7-6-14(16(12-15)18(19,20)21)13-23-10-8-22(4)9-11-23/h6-7,12H,5,8-11,13H2,1-4H3. The van der Waals surface area contributed by atoms with E-state index in [1.165, 1.54) is 6.07 Å². The fourth-order valence-electron chi connectivity index (χ4n) is 2.85. The summed E-state index contributed by atoms with van der Waals surface area (Å²) in [6, 6.07) is 4.90. The van der Waals surface area contributed by atoms with Crippen molar-refractivity contribution in [2.45, 2.75) is 45.3 Å². The van der Waals surface area contributed by atoms with E-state index in [0.717, 1.165) is 38.2 Å². The quantitative estimate of drug-likeness (QED) is 0.819. The lowest BCUT2D eigenvalue weighted by Crippen LogP contribution is -2.44. The van der Waals surface area contributed by atoms with E-state index in [0.29, 0.717) is 12.1 Å². The van der Waals surface area contributed by atoms with E-state index in [4.69, 9.17) is 0 Å². The first-order valence-electron chi connectivity index (χ1n) is 8.25. The molecule has 0 bridgehead atoms. The maximum Gasteiger partial charge on any atom is 0.416 e. The van der Waals surface area contributed by atoms with Crippen LogP contribution >= 0.6 is 0 Å². The molecule has 1 heterocycles. The zero-order chi connectivity index (χ0) is 17.3. The number of halogens is 3. The van der Waals surface area contributed by atoms with Crippen LogP contribution in [-0.4, -0.2) is 43.0 Å². The molecule has 0 spiro atoms. The monoisotopic (exact) mass is 328 g/mol. The number of rotatable bonds is 4. The molecule has 1 aliphatic rings. The molecule has 0 radical (unpaired) electrons. The number of nitrogens with zero attached hydrogens (tertiary/aromatic N) is 2. The van der Waals surface area contributed by atoms with Gasteiger partial charge in [0, 0.05) is 32.7 Å². The molecule has 0 aliphatic carbocycles. The summed E-state index contributed by atoms with van der Waals surface area (Å²) in [7, 11) is 2.04. The van der Waals surface area contributed by atoms with Crippen molar-refractivity contribution >= 4 is 0 Å². The Balaban J connectivity index is 2.28. The molecular weight excluding hydrogens is 301 g/mol. The first-order valence-corrected chi connectivity index (χ1v) is 8.25. The van der Waals surface area contributed by atoms with Crippen LogP contribution in [0, 0.1) is 0 Å². The van der Waals surface area contributed by atoms with Crippen LogP contribution in [0.4, 0.5) is 13.2 Å². The average Bonchev–Trinajstić information content (AvgIpc) is 2.48. The first kappa shape index (κ1) is 18.3. The summed E-state index contributed by atoms with van der Waals surface area (Å²) in [5.41, 5.74) is 0.425. The van der Waals surface area contributed by atoms with E-state index < -0.39 is 11.7 Å². The largest absolute Gasteiger partial charge is 0.416 e. The molecule has 2 rings (SSSR count). The summed E-state index contributed by atoms with van der Waals surface area (Å²) in [4.78, 5) is 4.31. The summed E-state index contributed by atoms with van der Waals surface area (Å²) < 4.78 is 40.5. The molecular formula is C18H27F3N2. The normalized spacial score (nSPS) is 18.4. The van der Waals surface area contributed by atoms with Gasteiger partial charge < -0.3 is 4.90 Å². The molecule has 0 atom stereocenters. The lowest BCUT2D eigenvalue weighted by Gasteiger charge is -2.33. The predicted molar refractivity (Wildman–Crippen MR) is 87.5 cm³/mol. The number of likely N-dealkylation sites (N-methyl/N-ethyl adjacent to an activating group) is 1. The van der Waals surface area contributed by atoms with Crippen molar-refractivity contribution in [2.24, 2.45) is 0 Å². The Morgan fingerprint density at radius 2 is 1.65 bits per heavy atom. The van der Waals surface area contributed by atoms with Gasteiger partial charge in [0.15, 0.2) is 0 Å². The van der Waals surface area contributed by atoms with Gasteiger partial charge in [-0.15, -0.1) is 0 Å². The van der Waals surface area contributed by atoms with E-state index in [9.17, 15) is 13.2 Å². The minimum absolute atomic E-state index is 0.244. The molecule has 23 heavy (non-hydrogen) atoms. The Kier molecular flexibility index (Phi) is 5.41. The van der Waals surface area contributed by atoms with Crippen molar-refractivity contribution in [3.8, 4) is 0 Å². The third kappa shape index (κ3) is 4.48. The minimum Gasteiger partial charge on any atom is -0.304 e. The van der Waals surface area contributed by atoms with Gasteiger partial charge in [-0.25, -0.2) is 0 Å². The van der Waals surface area contributed by atoms with Crippen molar-refractivity contribution in [3.05, 3.63) is 34.9 Å². The molecule has 0 aromatic heterocycles. The second-order valence-electron chi connectivity index (χ2n) is 7.19. The van der Waals surface area contributed by atoms with Gasteiger partial charge in [0.25, 0.3) is 0 Å². The van der Waals surface area contributed by atoms with Crippen LogP contribution in [0.2, 0.25) is 0 Å². The van der Waals surface area contributed by atoms with Crippen LogP contribution in [-0.2, 0) is 18.1 Å². The molecule has 130 valence electrons. The molecule has 1 aromatic carbocycles. The first-order chi connectivity index (χ1) is 10.6. The Bertz CT molecular complexity index is 530. The van der Waals surface area contributed by atoms with Gasteiger partial charge in [-0.3, -0.25) is 4.90 Å². The van der Waals surface area contributed by atoms with Crippen molar-refractivity contribution in [1.29, 1.82) is 0 Å². The highest BCUT2D eigenvalue weighted by Gasteiger charge is 2.35. The lowest BCUT2D eigenvalue weighted by atomic mass is 9.81. The van der Waals surface area contributed by atoms with Gasteiger partial charge in [0.1, 0.15) is 0 Å². The number of piperazine rings is 1. The van der Waals surface area contributed by atoms with Gasteiger partial charge in [-0.2, -0.15) is 13.2 Å². The van der Waals surface area contributed by atoms with E-state index in [1.807, 2.05) is 33.9 Å². The number of benzene rings is 1. The van der Waals surface area contributed by atoms with Gasteiger partial charge in [0.05, 0.1) is 5.56 Å². The van der Waals surface area contributed by atoms with Gasteiger partial charge >= 0.3 is 6.18 Å². The highest BCUT2D eigenvalue weighted by atomic mass is 19.4. The molecule has 1 aromatic rings. The van der Waals surface area contributed by atoms with Crippen molar-refractivity contribution in [2.75, 3.05) is 33.2 Å². The zero-order valence-corrected chi connectivity index (χ0v) is 14.5. The van der Waals surface area contributed by atoms with Crippen molar-refractivity contribution in [3.63, 3.8) is 0 Å². The molecule has 0 amide bonds. The van der Waals surface area contributed by atoms with Crippen LogP contribution in [0.25, 0.3) is 0 Å². The second kappa shape index (κ2) is 6.81. The highest BCUT2D eigenvalue weighted by Crippen LogP contribution is 2.36. The SMILES string of the molecule is CCC(C)(C)c1ccc(CN2CCN(C)CC2)c(C(F)(F)F)c1. The fourth-order valence-corrected chi connectivity index (χ4v) is 2.85. The molecule has 1 saturated heterocycles. The highest BCUT2D eigenvalue weighted by molar-refractivity contribution is 5.37. The van der Waals surface area contributed by atoms with Crippen LogP contribution in [0.5, 0.6) is 0 Å². The molecule has 0 N–H and O–H groups in total. The summed E-state index contributed by atoms with van der Waals surface area (Å²) in [6.07, 6.45) is -3.50. The summed E-state index contributed by atoms with van der Waals surface area (Å²) in [5.74, 6) is 0. The van der Waals surface area contributed by atoms with E-state index in [1.54, 1.807) is 6.07 Å². The van der Waals surface area contributed by atoms with Gasteiger partial charge in [-0.1, -0.05) is 32.9 Å². The maximum atomic E-state index is 13.5. The van der Waals surface area contributed by atoms with Crippen LogP contribution < -0.4 is 0 Å². The Hall–Kier alpha value is -1.07. The molecule has 2 nitrogen and oxygen atoms in total. The Morgan fingerprint density at radius 3 is 2.17 bits per heavy atom. The zero-order valence-electron chi connectivity index (χ0n) is 14.5. The van der Waals surface area contributed by atoms with Crippen LogP contribution in [0.1, 0.15) is 43.9 Å². The molecule has 1 fully saturated rings. The summed E-state index contributed by atoms with van der Waals surface area (Å²) in [6.45, 7) is 9.79. The van der Waals surface area contributed by atoms with Gasteiger partial charge in [-0.05, 0) is 36.1 Å². The molecule has 0 unspecified atom stereocenters. The lowest BCUT2D eigenvalue weighted by molar-refractivity contribution is -0.138. The Morgan fingerprint density at radius 1 is 1.04 bits per heavy atom. The summed E-state index contributed by atoms with van der Waals surface area (Å²) in [5, 5.41) is 0. The topological polar surface area (TPSA) is 6.48 Å². The van der Waals surface area contributed by atoms with E-state index in [-0.39, 0.29) is 5.41 Å². The Labute approximate surface area is 137 Å². The number of hydrogen-bond donors (Lipinski definition) is 0. The van der Waals surface area contributed by atoms with Crippen LogP contribution in [0.15, 0.2) is 18.2 Å². The smallest absolute Gasteiger partial charge is 0.304 e. The van der Waals surface area contributed by atoms with Crippen LogP contribution in [0.3, 0.4) is 0 Å². The molecule has 5 heteroatoms. The molecule has 1 aliphatic heterocycles. The third-order valence-corrected chi connectivity index (χ3v) is 5.07. The maximum absolute atomic E-state index is 13.5. The second-order valence-corrected chi connectivity index (χ2v) is 7.19. The number of alkyl halides is 3. The van der Waals surface area contributed by atoms with E-state index >= 15 is 0 Å². The van der Waals surface area contributed by atoms with Gasteiger partial charge in [0.2, 0.25) is 0 Å². The summed E-state index contributed by atoms with van der Waals surface area (Å²) >= 11 is 0. The van der Waals surface area contributed by atoms with Crippen molar-refractivity contribution in [1.82, 2.24) is 9.80 Å². The minimum atomic E-state index is -4.30. The average molecular weight is 328 g/mol. The van der Waals surface area contributed by atoms with E-state index in [2.05, 4.69) is 9.80 Å².